The van der Waals surface area contributed by atoms with Crippen LogP contribution in [-0.2, 0) is 6.54 Å². The molecule has 6 heteroatoms. The second-order valence-electron chi connectivity index (χ2n) is 6.74. The van der Waals surface area contributed by atoms with Gasteiger partial charge in [-0.1, -0.05) is 42.5 Å². The summed E-state index contributed by atoms with van der Waals surface area (Å²) in [6.07, 6.45) is 1.69. The highest BCUT2D eigenvalue weighted by Gasteiger charge is 2.26. The van der Waals surface area contributed by atoms with Crippen molar-refractivity contribution < 1.29 is 9.72 Å². The second-order valence-corrected chi connectivity index (χ2v) is 6.74. The summed E-state index contributed by atoms with van der Waals surface area (Å²) in [5.74, 6) is -0.359. The van der Waals surface area contributed by atoms with Crippen LogP contribution in [0, 0.1) is 17.0 Å². The Labute approximate surface area is 153 Å². The van der Waals surface area contributed by atoms with Crippen LogP contribution in [-0.4, -0.2) is 34.9 Å². The van der Waals surface area contributed by atoms with Crippen LogP contribution in [0.3, 0.4) is 0 Å². The zero-order chi connectivity index (χ0) is 18.5. The van der Waals surface area contributed by atoms with E-state index in [0.717, 1.165) is 32.5 Å². The van der Waals surface area contributed by atoms with Crippen molar-refractivity contribution in [1.82, 2.24) is 10.2 Å². The summed E-state index contributed by atoms with van der Waals surface area (Å²) >= 11 is 0. The van der Waals surface area contributed by atoms with Gasteiger partial charge in [0.2, 0.25) is 0 Å². The molecule has 2 aromatic carbocycles. The quantitative estimate of drug-likeness (QED) is 0.661. The van der Waals surface area contributed by atoms with Crippen molar-refractivity contribution in [1.29, 1.82) is 0 Å². The van der Waals surface area contributed by atoms with E-state index >= 15 is 0 Å². The van der Waals surface area contributed by atoms with Crippen LogP contribution >= 0.6 is 0 Å². The number of nitro groups is 1. The van der Waals surface area contributed by atoms with Gasteiger partial charge in [-0.25, -0.2) is 0 Å². The molecule has 1 fully saturated rings. The van der Waals surface area contributed by atoms with Crippen molar-refractivity contribution in [3.8, 4) is 0 Å². The van der Waals surface area contributed by atoms with Gasteiger partial charge in [-0.3, -0.25) is 19.8 Å². The van der Waals surface area contributed by atoms with Crippen LogP contribution in [0.15, 0.2) is 48.5 Å². The minimum atomic E-state index is -0.479. The maximum Gasteiger partial charge on any atom is 0.285 e. The molecule has 1 aliphatic rings. The standard InChI is InChI=1S/C20H23N3O3/c1-15-6-5-9-18(19(15)23(25)26)20(24)21-17-10-12-22(13-11-17)14-16-7-3-2-4-8-16/h2-9,17H,10-14H2,1H3,(H,21,24). The van der Waals surface area contributed by atoms with Gasteiger partial charge in [0.05, 0.1) is 4.92 Å². The molecule has 136 valence electrons. The maximum atomic E-state index is 12.5. The Balaban J connectivity index is 1.57. The topological polar surface area (TPSA) is 75.5 Å². The maximum absolute atomic E-state index is 12.5. The highest BCUT2D eigenvalue weighted by atomic mass is 16.6. The average Bonchev–Trinajstić information content (AvgIpc) is 2.63. The summed E-state index contributed by atoms with van der Waals surface area (Å²) in [5, 5.41) is 14.2. The molecule has 1 saturated heterocycles. The third kappa shape index (κ3) is 4.26. The lowest BCUT2D eigenvalue weighted by Crippen LogP contribution is -2.44. The minimum absolute atomic E-state index is 0.0506. The number of likely N-dealkylation sites (tertiary alicyclic amines) is 1. The van der Waals surface area contributed by atoms with Gasteiger partial charge in [-0.05, 0) is 31.4 Å². The minimum Gasteiger partial charge on any atom is -0.349 e. The average molecular weight is 353 g/mol. The molecule has 1 heterocycles. The van der Waals surface area contributed by atoms with Crippen LogP contribution in [0.25, 0.3) is 0 Å². The van der Waals surface area contributed by atoms with Crippen LogP contribution in [0.4, 0.5) is 5.69 Å². The molecular weight excluding hydrogens is 330 g/mol. The molecule has 0 bridgehead atoms. The van der Waals surface area contributed by atoms with E-state index in [-0.39, 0.29) is 23.2 Å². The van der Waals surface area contributed by atoms with E-state index in [0.29, 0.717) is 5.56 Å². The lowest BCUT2D eigenvalue weighted by Gasteiger charge is -2.32. The first-order valence-electron chi connectivity index (χ1n) is 8.85. The number of aryl methyl sites for hydroxylation is 1. The van der Waals surface area contributed by atoms with E-state index in [1.54, 1.807) is 19.1 Å². The number of amides is 1. The number of nitrogens with one attached hydrogen (secondary N) is 1. The zero-order valence-electron chi connectivity index (χ0n) is 14.9. The predicted octanol–water partition coefficient (Wildman–Crippen LogP) is 3.30. The van der Waals surface area contributed by atoms with Crippen LogP contribution < -0.4 is 5.32 Å². The molecule has 1 amide bonds. The Hall–Kier alpha value is -2.73. The van der Waals surface area contributed by atoms with Gasteiger partial charge in [0.15, 0.2) is 0 Å². The Morgan fingerprint density at radius 3 is 2.50 bits per heavy atom. The predicted molar refractivity (Wildman–Crippen MR) is 100 cm³/mol. The van der Waals surface area contributed by atoms with E-state index in [2.05, 4.69) is 22.3 Å². The molecule has 6 nitrogen and oxygen atoms in total. The molecule has 2 aromatic rings. The SMILES string of the molecule is Cc1cccc(C(=O)NC2CCN(Cc3ccccc3)CC2)c1[N+](=O)[O-]. The molecule has 0 aliphatic carbocycles. The van der Waals surface area contributed by atoms with E-state index in [4.69, 9.17) is 0 Å². The van der Waals surface area contributed by atoms with E-state index < -0.39 is 4.92 Å². The molecule has 0 spiro atoms. The van der Waals surface area contributed by atoms with Gasteiger partial charge in [0.25, 0.3) is 11.6 Å². The number of hydrogen-bond acceptors (Lipinski definition) is 4. The Bertz CT molecular complexity index is 784. The summed E-state index contributed by atoms with van der Waals surface area (Å²) in [6, 6.07) is 15.2. The molecule has 0 unspecified atom stereocenters. The van der Waals surface area contributed by atoms with Crippen molar-refractivity contribution in [2.45, 2.75) is 32.4 Å². The molecule has 0 aromatic heterocycles. The summed E-state index contributed by atoms with van der Waals surface area (Å²) in [7, 11) is 0. The van der Waals surface area contributed by atoms with Crippen molar-refractivity contribution in [3.63, 3.8) is 0 Å². The third-order valence-corrected chi connectivity index (χ3v) is 4.84. The van der Waals surface area contributed by atoms with Gasteiger partial charge in [0.1, 0.15) is 5.56 Å². The molecule has 1 N–H and O–H groups in total. The Kier molecular flexibility index (Phi) is 5.63. The van der Waals surface area contributed by atoms with Crippen LogP contribution in [0.2, 0.25) is 0 Å². The van der Waals surface area contributed by atoms with Gasteiger partial charge in [0, 0.05) is 31.2 Å². The number of piperidine rings is 1. The number of nitrogens with zero attached hydrogens (tertiary/aromatic N) is 2. The number of benzene rings is 2. The number of carbonyl (C=O) groups is 1. The van der Waals surface area contributed by atoms with Crippen molar-refractivity contribution in [3.05, 3.63) is 75.3 Å². The molecule has 3 rings (SSSR count). The van der Waals surface area contributed by atoms with Crippen molar-refractivity contribution >= 4 is 11.6 Å². The summed E-state index contributed by atoms with van der Waals surface area (Å²) < 4.78 is 0. The lowest BCUT2D eigenvalue weighted by atomic mass is 10.0. The van der Waals surface area contributed by atoms with Crippen LogP contribution in [0.5, 0.6) is 0 Å². The van der Waals surface area contributed by atoms with Crippen molar-refractivity contribution in [2.75, 3.05) is 13.1 Å². The number of carbonyl (C=O) groups excluding carboxylic acids is 1. The fourth-order valence-electron chi connectivity index (χ4n) is 3.42. The smallest absolute Gasteiger partial charge is 0.285 e. The first kappa shape index (κ1) is 18.1. The monoisotopic (exact) mass is 353 g/mol. The second kappa shape index (κ2) is 8.10. The largest absolute Gasteiger partial charge is 0.349 e. The highest BCUT2D eigenvalue weighted by molar-refractivity contribution is 5.98. The fraction of sp³-hybridized carbons (Fsp3) is 0.350. The molecule has 0 saturated carbocycles. The molecule has 1 aliphatic heterocycles. The zero-order valence-corrected chi connectivity index (χ0v) is 14.9. The highest BCUT2D eigenvalue weighted by Crippen LogP contribution is 2.23. The Morgan fingerprint density at radius 1 is 1.15 bits per heavy atom. The number of hydrogen-bond donors (Lipinski definition) is 1. The number of nitro benzene ring substituents is 1. The molecule has 26 heavy (non-hydrogen) atoms. The molecule has 0 radical (unpaired) electrons. The summed E-state index contributed by atoms with van der Waals surface area (Å²) in [4.78, 5) is 25.7. The van der Waals surface area contributed by atoms with Crippen LogP contribution in [0.1, 0.15) is 34.3 Å². The van der Waals surface area contributed by atoms with E-state index in [1.165, 1.54) is 11.6 Å². The van der Waals surface area contributed by atoms with Gasteiger partial charge >= 0.3 is 0 Å². The lowest BCUT2D eigenvalue weighted by molar-refractivity contribution is -0.385. The van der Waals surface area contributed by atoms with Crippen molar-refractivity contribution in [2.24, 2.45) is 0 Å². The number of rotatable bonds is 5. The number of para-hydroxylation sites is 1. The van der Waals surface area contributed by atoms with E-state index in [1.807, 2.05) is 18.2 Å². The Morgan fingerprint density at radius 2 is 1.85 bits per heavy atom. The van der Waals surface area contributed by atoms with Gasteiger partial charge in [-0.2, -0.15) is 0 Å². The summed E-state index contributed by atoms with van der Waals surface area (Å²) in [5.41, 5.74) is 1.82. The summed E-state index contributed by atoms with van der Waals surface area (Å²) in [6.45, 7) is 4.35. The third-order valence-electron chi connectivity index (χ3n) is 4.84. The first-order chi connectivity index (χ1) is 12.5. The van der Waals surface area contributed by atoms with E-state index in [9.17, 15) is 14.9 Å². The molecule has 0 atom stereocenters. The molecular formula is C20H23N3O3. The first-order valence-corrected chi connectivity index (χ1v) is 8.85. The normalized spacial score (nSPS) is 15.6. The van der Waals surface area contributed by atoms with Gasteiger partial charge < -0.3 is 5.32 Å². The van der Waals surface area contributed by atoms with Gasteiger partial charge in [-0.15, -0.1) is 0 Å². The fourth-order valence-corrected chi connectivity index (χ4v) is 3.42.